The maximum Gasteiger partial charge on any atom is 0.241 e. The fraction of sp³-hybridized carbons (Fsp3) is 0.417. The lowest BCUT2D eigenvalue weighted by atomic mass is 10.2. The molecule has 0 spiro atoms. The lowest BCUT2D eigenvalue weighted by Crippen LogP contribution is -2.39. The second kappa shape index (κ2) is 5.97. The molecule has 0 saturated carbocycles. The smallest absolute Gasteiger partial charge is 0.241 e. The van der Waals surface area contributed by atoms with Crippen LogP contribution in [0.3, 0.4) is 0 Å². The van der Waals surface area contributed by atoms with Gasteiger partial charge in [-0.1, -0.05) is 17.7 Å². The van der Waals surface area contributed by atoms with Gasteiger partial charge in [-0.3, -0.25) is 4.79 Å². The summed E-state index contributed by atoms with van der Waals surface area (Å²) in [4.78, 5) is 11.5. The molecule has 0 radical (unpaired) electrons. The van der Waals surface area contributed by atoms with E-state index in [-0.39, 0.29) is 23.4 Å². The van der Waals surface area contributed by atoms with Gasteiger partial charge in [0.15, 0.2) is 0 Å². The molecule has 0 atom stereocenters. The fourth-order valence-corrected chi connectivity index (χ4v) is 2.32. The van der Waals surface area contributed by atoms with E-state index in [4.69, 9.17) is 0 Å². The molecule has 0 aliphatic heterocycles. The minimum atomic E-state index is -3.62. The van der Waals surface area contributed by atoms with Crippen LogP contribution < -0.4 is 10.0 Å². The second-order valence-electron chi connectivity index (χ2n) is 4.36. The highest BCUT2D eigenvalue weighted by atomic mass is 32.2. The summed E-state index contributed by atoms with van der Waals surface area (Å²) in [5.74, 6) is -0.347. The van der Waals surface area contributed by atoms with E-state index < -0.39 is 10.0 Å². The molecule has 0 aliphatic rings. The molecule has 0 aliphatic carbocycles. The quantitative estimate of drug-likeness (QED) is 0.831. The van der Waals surface area contributed by atoms with Crippen LogP contribution in [0.4, 0.5) is 0 Å². The van der Waals surface area contributed by atoms with Crippen molar-refractivity contribution in [2.24, 2.45) is 0 Å². The Labute approximate surface area is 108 Å². The van der Waals surface area contributed by atoms with Crippen molar-refractivity contribution >= 4 is 15.9 Å². The standard InChI is InChI=1S/C12H18N2O3S/c1-9(2)14-12(15)8-13-18(16,17)11-6-4-10(3)5-7-11/h4-7,9,13H,8H2,1-3H3,(H,14,15). The molecule has 2 N–H and O–H groups in total. The van der Waals surface area contributed by atoms with Gasteiger partial charge in [-0.15, -0.1) is 0 Å². The van der Waals surface area contributed by atoms with Gasteiger partial charge in [0.1, 0.15) is 0 Å². The second-order valence-corrected chi connectivity index (χ2v) is 6.13. The van der Waals surface area contributed by atoms with Crippen LogP contribution >= 0.6 is 0 Å². The summed E-state index contributed by atoms with van der Waals surface area (Å²) >= 11 is 0. The number of amides is 1. The molecule has 1 rings (SSSR count). The van der Waals surface area contributed by atoms with Crippen molar-refractivity contribution in [2.45, 2.75) is 31.7 Å². The van der Waals surface area contributed by atoms with Crippen molar-refractivity contribution in [2.75, 3.05) is 6.54 Å². The molecule has 0 bridgehead atoms. The zero-order valence-electron chi connectivity index (χ0n) is 10.7. The van der Waals surface area contributed by atoms with Crippen LogP contribution in [-0.2, 0) is 14.8 Å². The van der Waals surface area contributed by atoms with Crippen molar-refractivity contribution in [3.63, 3.8) is 0 Å². The van der Waals surface area contributed by atoms with Crippen LogP contribution in [0, 0.1) is 6.92 Å². The van der Waals surface area contributed by atoms with Gasteiger partial charge in [-0.05, 0) is 32.9 Å². The molecule has 100 valence electrons. The van der Waals surface area contributed by atoms with E-state index >= 15 is 0 Å². The highest BCUT2D eigenvalue weighted by Crippen LogP contribution is 2.09. The monoisotopic (exact) mass is 270 g/mol. The van der Waals surface area contributed by atoms with E-state index in [0.717, 1.165) is 5.56 Å². The first-order valence-corrected chi connectivity index (χ1v) is 7.15. The third-order valence-corrected chi connectivity index (χ3v) is 3.62. The van der Waals surface area contributed by atoms with E-state index in [1.54, 1.807) is 12.1 Å². The van der Waals surface area contributed by atoms with Crippen molar-refractivity contribution in [1.29, 1.82) is 0 Å². The number of carbonyl (C=O) groups excluding carboxylic acids is 1. The number of hydrogen-bond acceptors (Lipinski definition) is 3. The number of benzene rings is 1. The number of nitrogens with one attached hydrogen (secondary N) is 2. The topological polar surface area (TPSA) is 75.3 Å². The minimum absolute atomic E-state index is 0.0126. The van der Waals surface area contributed by atoms with Crippen molar-refractivity contribution in [3.8, 4) is 0 Å². The number of aryl methyl sites for hydroxylation is 1. The summed E-state index contributed by atoms with van der Waals surface area (Å²) in [6, 6.07) is 6.43. The summed E-state index contributed by atoms with van der Waals surface area (Å²) in [7, 11) is -3.62. The Morgan fingerprint density at radius 1 is 1.22 bits per heavy atom. The molecular weight excluding hydrogens is 252 g/mol. The highest BCUT2D eigenvalue weighted by Gasteiger charge is 2.15. The zero-order chi connectivity index (χ0) is 13.8. The maximum atomic E-state index is 11.8. The van der Waals surface area contributed by atoms with Crippen molar-refractivity contribution < 1.29 is 13.2 Å². The van der Waals surface area contributed by atoms with E-state index in [0.29, 0.717) is 0 Å². The molecule has 6 heteroatoms. The molecule has 1 aromatic rings. The third kappa shape index (κ3) is 4.46. The molecule has 0 heterocycles. The fourth-order valence-electron chi connectivity index (χ4n) is 1.33. The summed E-state index contributed by atoms with van der Waals surface area (Å²) in [5, 5.41) is 2.61. The van der Waals surface area contributed by atoms with Gasteiger partial charge in [0.05, 0.1) is 11.4 Å². The average Bonchev–Trinajstić information content (AvgIpc) is 2.26. The number of hydrogen-bond donors (Lipinski definition) is 2. The Morgan fingerprint density at radius 3 is 2.28 bits per heavy atom. The Balaban J connectivity index is 2.66. The van der Waals surface area contributed by atoms with Crippen LogP contribution in [0.25, 0.3) is 0 Å². The molecule has 0 saturated heterocycles. The van der Waals surface area contributed by atoms with Crippen LogP contribution in [0.5, 0.6) is 0 Å². The normalized spacial score (nSPS) is 11.6. The minimum Gasteiger partial charge on any atom is -0.353 e. The predicted molar refractivity (Wildman–Crippen MR) is 69.6 cm³/mol. The van der Waals surface area contributed by atoms with Gasteiger partial charge in [0.25, 0.3) is 0 Å². The largest absolute Gasteiger partial charge is 0.353 e. The highest BCUT2D eigenvalue weighted by molar-refractivity contribution is 7.89. The van der Waals surface area contributed by atoms with Gasteiger partial charge in [0.2, 0.25) is 15.9 Å². The lowest BCUT2D eigenvalue weighted by molar-refractivity contribution is -0.120. The summed E-state index contributed by atoms with van der Waals surface area (Å²) < 4.78 is 25.9. The van der Waals surface area contributed by atoms with Gasteiger partial charge in [-0.25, -0.2) is 13.1 Å². The Morgan fingerprint density at radius 2 is 1.78 bits per heavy atom. The number of rotatable bonds is 5. The van der Waals surface area contributed by atoms with Crippen LogP contribution in [0.1, 0.15) is 19.4 Å². The Kier molecular flexibility index (Phi) is 4.86. The van der Waals surface area contributed by atoms with Gasteiger partial charge in [0, 0.05) is 6.04 Å². The lowest BCUT2D eigenvalue weighted by Gasteiger charge is -2.10. The average molecular weight is 270 g/mol. The number of sulfonamides is 1. The molecule has 18 heavy (non-hydrogen) atoms. The third-order valence-electron chi connectivity index (χ3n) is 2.20. The molecule has 0 aromatic heterocycles. The number of carbonyl (C=O) groups is 1. The Hall–Kier alpha value is -1.40. The van der Waals surface area contributed by atoms with E-state index in [2.05, 4.69) is 10.0 Å². The molecule has 1 amide bonds. The van der Waals surface area contributed by atoms with Gasteiger partial charge >= 0.3 is 0 Å². The van der Waals surface area contributed by atoms with Gasteiger partial charge < -0.3 is 5.32 Å². The maximum absolute atomic E-state index is 11.8. The Bertz CT molecular complexity index is 507. The first kappa shape index (κ1) is 14.7. The predicted octanol–water partition coefficient (Wildman–Crippen LogP) is 0.798. The first-order valence-electron chi connectivity index (χ1n) is 5.67. The van der Waals surface area contributed by atoms with E-state index in [1.807, 2.05) is 20.8 Å². The molecule has 5 nitrogen and oxygen atoms in total. The molecule has 0 unspecified atom stereocenters. The van der Waals surface area contributed by atoms with Crippen LogP contribution in [0.2, 0.25) is 0 Å². The van der Waals surface area contributed by atoms with E-state index in [9.17, 15) is 13.2 Å². The summed E-state index contributed by atoms with van der Waals surface area (Å²) in [6.07, 6.45) is 0. The zero-order valence-corrected chi connectivity index (χ0v) is 11.5. The van der Waals surface area contributed by atoms with Crippen LogP contribution in [0.15, 0.2) is 29.2 Å². The summed E-state index contributed by atoms with van der Waals surface area (Å²) in [5.41, 5.74) is 0.978. The van der Waals surface area contributed by atoms with Crippen LogP contribution in [-0.4, -0.2) is 26.9 Å². The van der Waals surface area contributed by atoms with Crippen molar-refractivity contribution in [3.05, 3.63) is 29.8 Å². The molecule has 1 aromatic carbocycles. The van der Waals surface area contributed by atoms with E-state index in [1.165, 1.54) is 12.1 Å². The molecule has 0 fully saturated rings. The SMILES string of the molecule is Cc1ccc(S(=O)(=O)NCC(=O)NC(C)C)cc1. The molecular formula is C12H18N2O3S. The first-order chi connectivity index (χ1) is 8.31. The van der Waals surface area contributed by atoms with Crippen molar-refractivity contribution in [1.82, 2.24) is 10.0 Å². The summed E-state index contributed by atoms with van der Waals surface area (Å²) in [6.45, 7) is 5.24. The van der Waals surface area contributed by atoms with Gasteiger partial charge in [-0.2, -0.15) is 0 Å².